The van der Waals surface area contributed by atoms with E-state index >= 15 is 0 Å². The van der Waals surface area contributed by atoms with Crippen LogP contribution in [0.2, 0.25) is 0 Å². The van der Waals surface area contributed by atoms with E-state index in [9.17, 15) is 10.1 Å². The Labute approximate surface area is 203 Å². The number of hydrogen-bond donors (Lipinski definition) is 1. The molecule has 0 heterocycles. The van der Waals surface area contributed by atoms with E-state index in [0.29, 0.717) is 40.4 Å². The fourth-order valence-corrected chi connectivity index (χ4v) is 4.25. The summed E-state index contributed by atoms with van der Waals surface area (Å²) in [5, 5.41) is 12.4. The van der Waals surface area contributed by atoms with Crippen LogP contribution < -0.4 is 14.8 Å². The number of hydrogen-bond acceptors (Lipinski definition) is 4. The fraction of sp³-hybridized carbons (Fsp3) is 0.120. The van der Waals surface area contributed by atoms with Gasteiger partial charge in [-0.05, 0) is 70.9 Å². The molecular formula is C25H20Br2N2O3. The van der Waals surface area contributed by atoms with Crippen LogP contribution in [0.15, 0.2) is 81.2 Å². The summed E-state index contributed by atoms with van der Waals surface area (Å²) in [7, 11) is 0. The molecule has 0 aliphatic heterocycles. The van der Waals surface area contributed by atoms with E-state index in [1.54, 1.807) is 30.3 Å². The summed E-state index contributed by atoms with van der Waals surface area (Å²) < 4.78 is 12.9. The first kappa shape index (κ1) is 23.6. The SMILES string of the molecule is CCOc1ccc(NC(=O)/C(C#N)=C/c2cc(Br)cc(Br)c2OCc2ccccc2)cc1. The van der Waals surface area contributed by atoms with Crippen molar-refractivity contribution < 1.29 is 14.3 Å². The van der Waals surface area contributed by atoms with E-state index in [-0.39, 0.29) is 5.57 Å². The number of halogens is 2. The van der Waals surface area contributed by atoms with Gasteiger partial charge < -0.3 is 14.8 Å². The molecule has 0 fully saturated rings. The predicted octanol–water partition coefficient (Wildman–Crippen LogP) is 6.73. The molecule has 0 aliphatic rings. The highest BCUT2D eigenvalue weighted by atomic mass is 79.9. The first-order chi connectivity index (χ1) is 15.5. The van der Waals surface area contributed by atoms with Gasteiger partial charge in [-0.2, -0.15) is 5.26 Å². The molecule has 5 nitrogen and oxygen atoms in total. The van der Waals surface area contributed by atoms with Crippen molar-refractivity contribution in [1.29, 1.82) is 5.26 Å². The number of amides is 1. The van der Waals surface area contributed by atoms with Gasteiger partial charge in [0, 0.05) is 15.7 Å². The fourth-order valence-electron chi connectivity index (χ4n) is 2.87. The Morgan fingerprint density at radius 3 is 2.44 bits per heavy atom. The third kappa shape index (κ3) is 6.46. The first-order valence-electron chi connectivity index (χ1n) is 9.82. The standard InChI is InChI=1S/C25H20Br2N2O3/c1-2-31-22-10-8-21(9-11-22)29-25(30)19(15-28)12-18-13-20(26)14-23(27)24(18)32-16-17-6-4-3-5-7-17/h3-14H,2,16H2,1H3,(H,29,30)/b19-12+. The lowest BCUT2D eigenvalue weighted by Crippen LogP contribution is -2.13. The summed E-state index contributed by atoms with van der Waals surface area (Å²) in [6, 6.07) is 22.3. The van der Waals surface area contributed by atoms with E-state index in [2.05, 4.69) is 37.2 Å². The summed E-state index contributed by atoms with van der Waals surface area (Å²) >= 11 is 6.97. The van der Waals surface area contributed by atoms with Crippen LogP contribution in [0, 0.1) is 11.3 Å². The lowest BCUT2D eigenvalue weighted by atomic mass is 10.1. The topological polar surface area (TPSA) is 71.3 Å². The van der Waals surface area contributed by atoms with Gasteiger partial charge in [-0.15, -0.1) is 0 Å². The molecule has 0 unspecified atom stereocenters. The molecular weight excluding hydrogens is 536 g/mol. The zero-order chi connectivity index (χ0) is 22.9. The Kier molecular flexibility index (Phi) is 8.48. The lowest BCUT2D eigenvalue weighted by Gasteiger charge is -2.13. The number of benzene rings is 3. The van der Waals surface area contributed by atoms with E-state index in [1.807, 2.05) is 49.4 Å². The molecule has 32 heavy (non-hydrogen) atoms. The maximum atomic E-state index is 12.7. The van der Waals surface area contributed by atoms with Gasteiger partial charge in [0.05, 0.1) is 11.1 Å². The lowest BCUT2D eigenvalue weighted by molar-refractivity contribution is -0.112. The highest BCUT2D eigenvalue weighted by Gasteiger charge is 2.14. The third-order valence-corrected chi connectivity index (χ3v) is 5.40. The maximum absolute atomic E-state index is 12.7. The van der Waals surface area contributed by atoms with Crippen LogP contribution in [0.3, 0.4) is 0 Å². The number of nitriles is 1. The molecule has 0 aromatic heterocycles. The molecule has 0 radical (unpaired) electrons. The van der Waals surface area contributed by atoms with Gasteiger partial charge in [0.1, 0.15) is 29.7 Å². The normalized spacial score (nSPS) is 10.9. The molecule has 7 heteroatoms. The van der Waals surface area contributed by atoms with Crippen molar-refractivity contribution in [3.05, 3.63) is 92.4 Å². The minimum Gasteiger partial charge on any atom is -0.494 e. The number of nitrogens with one attached hydrogen (secondary N) is 1. The number of rotatable bonds is 8. The third-order valence-electron chi connectivity index (χ3n) is 4.35. The summed E-state index contributed by atoms with van der Waals surface area (Å²) in [6.07, 6.45) is 1.51. The van der Waals surface area contributed by atoms with E-state index < -0.39 is 5.91 Å². The van der Waals surface area contributed by atoms with Crippen LogP contribution in [0.5, 0.6) is 11.5 Å². The molecule has 0 bridgehead atoms. The van der Waals surface area contributed by atoms with Crippen molar-refractivity contribution in [3.63, 3.8) is 0 Å². The average Bonchev–Trinajstić information content (AvgIpc) is 2.78. The van der Waals surface area contributed by atoms with E-state index in [0.717, 1.165) is 10.0 Å². The quantitative estimate of drug-likeness (QED) is 0.247. The number of ether oxygens (including phenoxy) is 2. The van der Waals surface area contributed by atoms with Gasteiger partial charge in [-0.3, -0.25) is 4.79 Å². The summed E-state index contributed by atoms with van der Waals surface area (Å²) in [4.78, 5) is 12.7. The van der Waals surface area contributed by atoms with Crippen LogP contribution >= 0.6 is 31.9 Å². The van der Waals surface area contributed by atoms with Gasteiger partial charge >= 0.3 is 0 Å². The number of anilines is 1. The van der Waals surface area contributed by atoms with Crippen molar-refractivity contribution >= 4 is 49.5 Å². The predicted molar refractivity (Wildman–Crippen MR) is 132 cm³/mol. The highest BCUT2D eigenvalue weighted by Crippen LogP contribution is 2.35. The minimum absolute atomic E-state index is 0.0477. The van der Waals surface area contributed by atoms with Crippen LogP contribution in [-0.4, -0.2) is 12.5 Å². The summed E-state index contributed by atoms with van der Waals surface area (Å²) in [5.74, 6) is 0.737. The molecule has 0 aliphatic carbocycles. The van der Waals surface area contributed by atoms with Crippen molar-refractivity contribution in [2.24, 2.45) is 0 Å². The average molecular weight is 556 g/mol. The number of carbonyl (C=O) groups excluding carboxylic acids is 1. The van der Waals surface area contributed by atoms with Crippen molar-refractivity contribution in [1.82, 2.24) is 0 Å². The second-order valence-corrected chi connectivity index (χ2v) is 8.43. The molecule has 1 amide bonds. The van der Waals surface area contributed by atoms with E-state index in [4.69, 9.17) is 9.47 Å². The monoisotopic (exact) mass is 554 g/mol. The molecule has 162 valence electrons. The number of carbonyl (C=O) groups is 1. The van der Waals surface area contributed by atoms with Gasteiger partial charge in [-0.25, -0.2) is 0 Å². The Hall–Kier alpha value is -3.08. The zero-order valence-electron chi connectivity index (χ0n) is 17.3. The first-order valence-corrected chi connectivity index (χ1v) is 11.4. The minimum atomic E-state index is -0.512. The summed E-state index contributed by atoms with van der Waals surface area (Å²) in [5.41, 5.74) is 2.12. The molecule has 3 rings (SSSR count). The summed E-state index contributed by atoms with van der Waals surface area (Å²) in [6.45, 7) is 2.81. The van der Waals surface area contributed by atoms with Gasteiger partial charge in [-0.1, -0.05) is 46.3 Å². The number of nitrogens with zero attached hydrogens (tertiary/aromatic N) is 1. The molecule has 1 N–H and O–H groups in total. The molecule has 0 spiro atoms. The zero-order valence-corrected chi connectivity index (χ0v) is 20.4. The smallest absolute Gasteiger partial charge is 0.266 e. The van der Waals surface area contributed by atoms with Crippen molar-refractivity contribution in [2.45, 2.75) is 13.5 Å². The molecule has 3 aromatic rings. The van der Waals surface area contributed by atoms with Crippen LogP contribution in [0.1, 0.15) is 18.1 Å². The molecule has 0 atom stereocenters. The molecule has 3 aromatic carbocycles. The second kappa shape index (κ2) is 11.5. The highest BCUT2D eigenvalue weighted by molar-refractivity contribution is 9.11. The van der Waals surface area contributed by atoms with Crippen molar-refractivity contribution in [2.75, 3.05) is 11.9 Å². The molecule has 0 saturated carbocycles. The van der Waals surface area contributed by atoms with E-state index in [1.165, 1.54) is 6.08 Å². The van der Waals surface area contributed by atoms with Crippen LogP contribution in [0.25, 0.3) is 6.08 Å². The van der Waals surface area contributed by atoms with Gasteiger partial charge in [0.15, 0.2) is 0 Å². The van der Waals surface area contributed by atoms with Crippen molar-refractivity contribution in [3.8, 4) is 17.6 Å². The maximum Gasteiger partial charge on any atom is 0.266 e. The van der Waals surface area contributed by atoms with Crippen LogP contribution in [-0.2, 0) is 11.4 Å². The van der Waals surface area contributed by atoms with Crippen LogP contribution in [0.4, 0.5) is 5.69 Å². The Morgan fingerprint density at radius 2 is 1.78 bits per heavy atom. The largest absolute Gasteiger partial charge is 0.494 e. The second-order valence-electron chi connectivity index (χ2n) is 6.66. The Bertz CT molecular complexity index is 1150. The van der Waals surface area contributed by atoms with Gasteiger partial charge in [0.2, 0.25) is 0 Å². The Balaban J connectivity index is 1.83. The Morgan fingerprint density at radius 1 is 1.06 bits per heavy atom. The molecule has 0 saturated heterocycles. The van der Waals surface area contributed by atoms with Gasteiger partial charge in [0.25, 0.3) is 5.91 Å².